The van der Waals surface area contributed by atoms with Gasteiger partial charge in [-0.25, -0.2) is 9.59 Å². The van der Waals surface area contributed by atoms with E-state index in [2.05, 4.69) is 16.0 Å². The molecule has 9 nitrogen and oxygen atoms in total. The molecule has 0 radical (unpaired) electrons. The smallest absolute Gasteiger partial charge is 0.407 e. The highest BCUT2D eigenvalue weighted by atomic mass is 16.6. The molecule has 0 saturated heterocycles. The zero-order valence-electron chi connectivity index (χ0n) is 23.5. The van der Waals surface area contributed by atoms with Crippen LogP contribution in [0, 0.1) is 5.92 Å². The van der Waals surface area contributed by atoms with Crippen LogP contribution in [0.3, 0.4) is 0 Å². The molecule has 4 atom stereocenters. The average molecular weight is 542 g/mol. The van der Waals surface area contributed by atoms with Gasteiger partial charge in [0.1, 0.15) is 11.6 Å². The van der Waals surface area contributed by atoms with Crippen LogP contribution >= 0.6 is 0 Å². The van der Waals surface area contributed by atoms with Gasteiger partial charge in [0.15, 0.2) is 0 Å². The summed E-state index contributed by atoms with van der Waals surface area (Å²) >= 11 is 0. The topological polar surface area (TPSA) is 137 Å². The van der Waals surface area contributed by atoms with E-state index in [0.717, 1.165) is 11.1 Å². The lowest BCUT2D eigenvalue weighted by Crippen LogP contribution is -2.55. The van der Waals surface area contributed by atoms with Crippen LogP contribution in [-0.4, -0.2) is 64.6 Å². The predicted molar refractivity (Wildman–Crippen MR) is 150 cm³/mol. The van der Waals surface area contributed by atoms with Crippen LogP contribution in [0.2, 0.25) is 0 Å². The van der Waals surface area contributed by atoms with Gasteiger partial charge in [-0.1, -0.05) is 74.5 Å². The molecular formula is C30H43N3O6. The first-order valence-electron chi connectivity index (χ1n) is 13.4. The van der Waals surface area contributed by atoms with Crippen molar-refractivity contribution in [3.05, 3.63) is 71.8 Å². The summed E-state index contributed by atoms with van der Waals surface area (Å²) in [5, 5.41) is 29.3. The predicted octanol–water partition coefficient (Wildman–Crippen LogP) is 3.30. The molecule has 39 heavy (non-hydrogen) atoms. The van der Waals surface area contributed by atoms with E-state index < -0.39 is 47.8 Å². The highest BCUT2D eigenvalue weighted by molar-refractivity contribution is 5.87. The fourth-order valence-corrected chi connectivity index (χ4v) is 4.09. The summed E-state index contributed by atoms with van der Waals surface area (Å²) in [5.41, 5.74) is 1.08. The molecule has 0 spiro atoms. The van der Waals surface area contributed by atoms with Gasteiger partial charge in [-0.2, -0.15) is 0 Å². The number of ether oxygens (including phenoxy) is 1. The lowest BCUT2D eigenvalue weighted by molar-refractivity contribution is -0.142. The molecule has 2 aromatic rings. The largest absolute Gasteiger partial charge is 0.480 e. The van der Waals surface area contributed by atoms with Crippen molar-refractivity contribution in [1.82, 2.24) is 16.0 Å². The van der Waals surface area contributed by atoms with Crippen LogP contribution in [-0.2, 0) is 27.2 Å². The van der Waals surface area contributed by atoms with Crippen molar-refractivity contribution >= 4 is 18.0 Å². The fourth-order valence-electron chi connectivity index (χ4n) is 4.09. The molecule has 0 fully saturated rings. The van der Waals surface area contributed by atoms with E-state index in [1.807, 2.05) is 74.5 Å². The van der Waals surface area contributed by atoms with Gasteiger partial charge in [-0.05, 0) is 57.1 Å². The third-order valence-electron chi connectivity index (χ3n) is 5.96. The Balaban J connectivity index is 2.19. The van der Waals surface area contributed by atoms with Crippen molar-refractivity contribution in [3.63, 3.8) is 0 Å². The van der Waals surface area contributed by atoms with Crippen molar-refractivity contribution in [2.45, 2.75) is 83.7 Å². The number of benzene rings is 2. The molecule has 214 valence electrons. The highest BCUT2D eigenvalue weighted by Crippen LogP contribution is 2.12. The first-order valence-corrected chi connectivity index (χ1v) is 13.4. The van der Waals surface area contributed by atoms with Crippen LogP contribution in [0.5, 0.6) is 0 Å². The minimum absolute atomic E-state index is 0.0276. The molecule has 0 heterocycles. The Morgan fingerprint density at radius 1 is 0.846 bits per heavy atom. The Morgan fingerprint density at radius 2 is 1.38 bits per heavy atom. The third kappa shape index (κ3) is 12.3. The van der Waals surface area contributed by atoms with E-state index in [4.69, 9.17) is 4.74 Å². The summed E-state index contributed by atoms with van der Waals surface area (Å²) in [7, 11) is 0. The molecule has 5 N–H and O–H groups in total. The SMILES string of the molecule is CC(C)C[C@H](NC(=O)[C@H](Cc1ccccc1)NCC(O)[C@H](Cc1ccccc1)NC(=O)OC(C)(C)C)C(=O)O. The molecule has 1 unspecified atom stereocenters. The molecule has 0 aliphatic heterocycles. The molecule has 2 rings (SSSR count). The van der Waals surface area contributed by atoms with Gasteiger partial charge in [0, 0.05) is 6.54 Å². The standard InChI is InChI=1S/C30H43N3O6/c1-20(2)16-25(28(36)37)32-27(35)24(18-22-14-10-7-11-15-22)31-19-26(34)23(17-21-12-8-6-9-13-21)33-29(38)39-30(3,4)5/h6-15,20,23-26,31,34H,16-19H2,1-5H3,(H,32,35)(H,33,38)(H,36,37)/t23-,24-,25-,26?/m0/s1. The number of amides is 2. The maximum absolute atomic E-state index is 13.2. The van der Waals surface area contributed by atoms with Crippen LogP contribution in [0.25, 0.3) is 0 Å². The van der Waals surface area contributed by atoms with Gasteiger partial charge < -0.3 is 30.9 Å². The molecule has 0 aliphatic carbocycles. The van der Waals surface area contributed by atoms with E-state index in [1.165, 1.54) is 0 Å². The quantitative estimate of drug-likeness (QED) is 0.247. The summed E-state index contributed by atoms with van der Waals surface area (Å²) in [4.78, 5) is 37.5. The minimum Gasteiger partial charge on any atom is -0.480 e. The molecule has 2 aromatic carbocycles. The number of rotatable bonds is 14. The number of carboxylic acids is 1. The normalized spacial score (nSPS) is 14.6. The Labute approximate surface area is 231 Å². The summed E-state index contributed by atoms with van der Waals surface area (Å²) < 4.78 is 5.40. The number of nitrogens with one attached hydrogen (secondary N) is 3. The van der Waals surface area contributed by atoms with E-state index >= 15 is 0 Å². The molecule has 0 saturated carbocycles. The molecule has 0 aliphatic rings. The molecule has 0 aromatic heterocycles. The van der Waals surface area contributed by atoms with Crippen molar-refractivity contribution < 1.29 is 29.3 Å². The Bertz CT molecular complexity index is 1040. The molecule has 2 amide bonds. The lowest BCUT2D eigenvalue weighted by Gasteiger charge is -2.28. The van der Waals surface area contributed by atoms with Gasteiger partial charge >= 0.3 is 12.1 Å². The Hall–Kier alpha value is -3.43. The first kappa shape index (κ1) is 31.8. The van der Waals surface area contributed by atoms with E-state index in [0.29, 0.717) is 12.8 Å². The second-order valence-corrected chi connectivity index (χ2v) is 11.2. The van der Waals surface area contributed by atoms with Crippen molar-refractivity contribution in [2.24, 2.45) is 5.92 Å². The maximum atomic E-state index is 13.2. The van der Waals surface area contributed by atoms with Crippen LogP contribution in [0.15, 0.2) is 60.7 Å². The number of carboxylic acid groups (broad SMARTS) is 1. The zero-order chi connectivity index (χ0) is 29.0. The lowest BCUT2D eigenvalue weighted by atomic mass is 9.99. The average Bonchev–Trinajstić information content (AvgIpc) is 2.85. The van der Waals surface area contributed by atoms with Crippen LogP contribution in [0.1, 0.15) is 52.2 Å². The van der Waals surface area contributed by atoms with Crippen LogP contribution < -0.4 is 16.0 Å². The van der Waals surface area contributed by atoms with Crippen molar-refractivity contribution in [1.29, 1.82) is 0 Å². The van der Waals surface area contributed by atoms with Crippen LogP contribution in [0.4, 0.5) is 4.79 Å². The molecular weight excluding hydrogens is 498 g/mol. The van der Waals surface area contributed by atoms with Gasteiger partial charge in [0.05, 0.1) is 18.2 Å². The van der Waals surface area contributed by atoms with E-state index in [-0.39, 0.29) is 18.9 Å². The van der Waals surface area contributed by atoms with Crippen molar-refractivity contribution in [3.8, 4) is 0 Å². The molecule has 9 heteroatoms. The number of carbonyl (C=O) groups is 3. The van der Waals surface area contributed by atoms with Gasteiger partial charge in [0.25, 0.3) is 0 Å². The number of aliphatic hydroxyl groups is 1. The minimum atomic E-state index is -1.10. The first-order chi connectivity index (χ1) is 18.3. The summed E-state index contributed by atoms with van der Waals surface area (Å²) in [6, 6.07) is 16.2. The second kappa shape index (κ2) is 15.2. The van der Waals surface area contributed by atoms with Gasteiger partial charge in [-0.15, -0.1) is 0 Å². The van der Waals surface area contributed by atoms with Gasteiger partial charge in [-0.3, -0.25) is 4.79 Å². The van der Waals surface area contributed by atoms with Crippen molar-refractivity contribution in [2.75, 3.05) is 6.54 Å². The number of aliphatic hydroxyl groups excluding tert-OH is 1. The second-order valence-electron chi connectivity index (χ2n) is 11.2. The number of carbonyl (C=O) groups excluding carboxylic acids is 2. The van der Waals surface area contributed by atoms with E-state index in [9.17, 15) is 24.6 Å². The number of hydrogen-bond acceptors (Lipinski definition) is 6. The Kier molecular flexibility index (Phi) is 12.4. The summed E-state index contributed by atoms with van der Waals surface area (Å²) in [5.74, 6) is -1.50. The van der Waals surface area contributed by atoms with E-state index in [1.54, 1.807) is 20.8 Å². The monoisotopic (exact) mass is 541 g/mol. The maximum Gasteiger partial charge on any atom is 0.407 e. The number of hydrogen-bond donors (Lipinski definition) is 5. The molecule has 0 bridgehead atoms. The summed E-state index contributed by atoms with van der Waals surface area (Å²) in [6.45, 7) is 9.03. The fraction of sp³-hybridized carbons (Fsp3) is 0.500. The highest BCUT2D eigenvalue weighted by Gasteiger charge is 2.29. The summed E-state index contributed by atoms with van der Waals surface area (Å²) in [6.07, 6.45) is -0.806. The number of alkyl carbamates (subject to hydrolysis) is 1. The van der Waals surface area contributed by atoms with Gasteiger partial charge in [0.2, 0.25) is 5.91 Å². The third-order valence-corrected chi connectivity index (χ3v) is 5.96. The number of aliphatic carboxylic acids is 1. The zero-order valence-corrected chi connectivity index (χ0v) is 23.5. The Morgan fingerprint density at radius 3 is 1.87 bits per heavy atom.